The lowest BCUT2D eigenvalue weighted by Crippen LogP contribution is -2.20. The molecule has 1 aromatic carbocycles. The lowest BCUT2D eigenvalue weighted by Gasteiger charge is -2.01. The van der Waals surface area contributed by atoms with Crippen molar-refractivity contribution in [1.29, 1.82) is 0 Å². The summed E-state index contributed by atoms with van der Waals surface area (Å²) in [7, 11) is 0. The van der Waals surface area contributed by atoms with E-state index in [1.54, 1.807) is 12.6 Å². The number of thiazole rings is 1. The largest absolute Gasteiger partial charge is 0.462 e. The lowest BCUT2D eigenvalue weighted by molar-refractivity contribution is 0.581. The minimum absolute atomic E-state index is 0.214. The molecule has 0 amide bonds. The molecule has 0 spiro atoms. The first-order chi connectivity index (χ1) is 12.3. The summed E-state index contributed by atoms with van der Waals surface area (Å²) in [5, 5.41) is 3.54. The summed E-state index contributed by atoms with van der Waals surface area (Å²) in [6.07, 6.45) is 3.15. The second kappa shape index (κ2) is 5.42. The molecule has 0 aliphatic carbocycles. The number of aromatic nitrogens is 3. The maximum atomic E-state index is 12.7. The number of benzene rings is 1. The van der Waals surface area contributed by atoms with E-state index >= 15 is 0 Å². The van der Waals surface area contributed by atoms with Crippen LogP contribution in [0.4, 0.5) is 0 Å². The van der Waals surface area contributed by atoms with E-state index in [0.717, 1.165) is 21.8 Å². The van der Waals surface area contributed by atoms with Crippen molar-refractivity contribution in [1.82, 2.24) is 14.5 Å². The fourth-order valence-corrected chi connectivity index (χ4v) is 3.57. The van der Waals surface area contributed by atoms with Gasteiger partial charge >= 0.3 is 0 Å². The predicted molar refractivity (Wildman–Crippen MR) is 94.7 cm³/mol. The van der Waals surface area contributed by atoms with E-state index in [9.17, 15) is 4.79 Å². The third-order valence-corrected chi connectivity index (χ3v) is 4.87. The molecule has 4 aromatic heterocycles. The summed E-state index contributed by atoms with van der Waals surface area (Å²) in [5.74, 6) is 0.717. The molecule has 6 nitrogen and oxygen atoms in total. The summed E-state index contributed by atoms with van der Waals surface area (Å²) in [4.78, 5) is 21.7. The SMILES string of the molecule is O=c1c2oc3ccccc3c2ncn1Cc1csc(-c2ccco2)n1. The van der Waals surface area contributed by atoms with Crippen LogP contribution in [-0.4, -0.2) is 14.5 Å². The Balaban J connectivity index is 1.56. The molecule has 0 aliphatic rings. The Bertz CT molecular complexity index is 1250. The molecule has 5 aromatic rings. The van der Waals surface area contributed by atoms with Crippen LogP contribution in [0.5, 0.6) is 0 Å². The van der Waals surface area contributed by atoms with Crippen LogP contribution in [0.15, 0.2) is 68.0 Å². The quantitative estimate of drug-likeness (QED) is 0.494. The highest BCUT2D eigenvalue weighted by Gasteiger charge is 2.14. The minimum Gasteiger partial charge on any atom is -0.462 e. The first-order valence-corrected chi connectivity index (χ1v) is 8.52. The molecule has 0 aliphatic heterocycles. The maximum absolute atomic E-state index is 12.7. The van der Waals surface area contributed by atoms with Gasteiger partial charge in [-0.15, -0.1) is 11.3 Å². The van der Waals surface area contributed by atoms with Crippen LogP contribution in [0.2, 0.25) is 0 Å². The zero-order valence-corrected chi connectivity index (χ0v) is 13.7. The van der Waals surface area contributed by atoms with Crippen LogP contribution in [0, 0.1) is 0 Å². The Labute approximate surface area is 145 Å². The highest BCUT2D eigenvalue weighted by Crippen LogP contribution is 2.25. The Morgan fingerprint density at radius 1 is 1.16 bits per heavy atom. The van der Waals surface area contributed by atoms with Gasteiger partial charge in [0.15, 0.2) is 10.8 Å². The summed E-state index contributed by atoms with van der Waals surface area (Å²) >= 11 is 1.48. The third-order valence-electron chi connectivity index (χ3n) is 3.97. The molecule has 25 heavy (non-hydrogen) atoms. The molecule has 7 heteroatoms. The van der Waals surface area contributed by atoms with E-state index in [1.807, 2.05) is 41.8 Å². The predicted octanol–water partition coefficient (Wildman–Crippen LogP) is 3.91. The minimum atomic E-state index is -0.214. The second-order valence-corrected chi connectivity index (χ2v) is 6.43. The van der Waals surface area contributed by atoms with Crippen LogP contribution in [0.3, 0.4) is 0 Å². The normalized spacial score (nSPS) is 11.5. The van der Waals surface area contributed by atoms with Crippen molar-refractivity contribution in [3.05, 3.63) is 70.4 Å². The van der Waals surface area contributed by atoms with Gasteiger partial charge in [0.2, 0.25) is 5.58 Å². The Kier molecular flexibility index (Phi) is 3.07. The van der Waals surface area contributed by atoms with Crippen LogP contribution < -0.4 is 5.56 Å². The van der Waals surface area contributed by atoms with Gasteiger partial charge in [0.05, 0.1) is 24.8 Å². The zero-order chi connectivity index (χ0) is 16.8. The summed E-state index contributed by atoms with van der Waals surface area (Å²) in [6.45, 7) is 0.329. The molecule has 0 radical (unpaired) electrons. The number of nitrogens with zero attached hydrogens (tertiary/aromatic N) is 3. The Hall–Kier alpha value is -3.19. The van der Waals surface area contributed by atoms with Crippen molar-refractivity contribution in [2.75, 3.05) is 0 Å². The van der Waals surface area contributed by atoms with Gasteiger partial charge in [-0.3, -0.25) is 9.36 Å². The van der Waals surface area contributed by atoms with Gasteiger partial charge in [0, 0.05) is 10.8 Å². The average Bonchev–Trinajstić information content (AvgIpc) is 3.36. The van der Waals surface area contributed by atoms with Gasteiger partial charge in [-0.05, 0) is 24.3 Å². The first kappa shape index (κ1) is 14.2. The zero-order valence-electron chi connectivity index (χ0n) is 12.9. The molecule has 0 unspecified atom stereocenters. The van der Waals surface area contributed by atoms with Crippen molar-refractivity contribution >= 4 is 33.4 Å². The molecule has 0 fully saturated rings. The number of hydrogen-bond donors (Lipinski definition) is 0. The lowest BCUT2D eigenvalue weighted by atomic mass is 10.2. The van der Waals surface area contributed by atoms with Crippen LogP contribution in [0.1, 0.15) is 5.69 Å². The van der Waals surface area contributed by atoms with E-state index in [4.69, 9.17) is 8.83 Å². The van der Waals surface area contributed by atoms with Crippen molar-refractivity contribution in [3.8, 4) is 10.8 Å². The van der Waals surface area contributed by atoms with E-state index in [-0.39, 0.29) is 11.1 Å². The van der Waals surface area contributed by atoms with Crippen LogP contribution in [0.25, 0.3) is 32.8 Å². The number of hydrogen-bond acceptors (Lipinski definition) is 6. The fraction of sp³-hybridized carbons (Fsp3) is 0.0556. The van der Waals surface area contributed by atoms with E-state index in [2.05, 4.69) is 9.97 Å². The van der Waals surface area contributed by atoms with E-state index < -0.39 is 0 Å². The number of fused-ring (bicyclic) bond motifs is 3. The van der Waals surface area contributed by atoms with Crippen molar-refractivity contribution < 1.29 is 8.83 Å². The van der Waals surface area contributed by atoms with Gasteiger partial charge in [-0.25, -0.2) is 9.97 Å². The molecule has 122 valence electrons. The molecule has 0 N–H and O–H groups in total. The molecule has 0 saturated carbocycles. The first-order valence-electron chi connectivity index (χ1n) is 7.64. The van der Waals surface area contributed by atoms with Crippen LogP contribution >= 0.6 is 11.3 Å². The molecule has 5 rings (SSSR count). The van der Waals surface area contributed by atoms with Gasteiger partial charge in [-0.2, -0.15) is 0 Å². The smallest absolute Gasteiger partial charge is 0.297 e. The number of para-hydroxylation sites is 1. The monoisotopic (exact) mass is 349 g/mol. The van der Waals surface area contributed by atoms with Crippen molar-refractivity contribution in [3.63, 3.8) is 0 Å². The average molecular weight is 349 g/mol. The molecule has 0 bridgehead atoms. The Morgan fingerprint density at radius 3 is 2.96 bits per heavy atom. The van der Waals surface area contributed by atoms with Crippen molar-refractivity contribution in [2.45, 2.75) is 6.54 Å². The number of furan rings is 2. The topological polar surface area (TPSA) is 74.1 Å². The third kappa shape index (κ3) is 2.28. The highest BCUT2D eigenvalue weighted by atomic mass is 32.1. The Morgan fingerprint density at radius 2 is 2.08 bits per heavy atom. The van der Waals surface area contributed by atoms with Crippen molar-refractivity contribution in [2.24, 2.45) is 0 Å². The summed E-state index contributed by atoms with van der Waals surface area (Å²) < 4.78 is 12.6. The maximum Gasteiger partial charge on any atom is 0.297 e. The molecule has 0 saturated heterocycles. The van der Waals surface area contributed by atoms with E-state index in [0.29, 0.717) is 17.6 Å². The standard InChI is InChI=1S/C18H11N3O3S/c22-18-16-15(12-4-1-2-5-13(12)24-16)19-10-21(18)8-11-9-25-17(20-11)14-6-3-7-23-14/h1-7,9-10H,8H2. The number of rotatable bonds is 3. The van der Waals surface area contributed by atoms with Gasteiger partial charge < -0.3 is 8.83 Å². The molecular formula is C18H11N3O3S. The summed E-state index contributed by atoms with van der Waals surface area (Å²) in [6, 6.07) is 11.2. The highest BCUT2D eigenvalue weighted by molar-refractivity contribution is 7.13. The fourth-order valence-electron chi connectivity index (χ4n) is 2.80. The molecule has 0 atom stereocenters. The van der Waals surface area contributed by atoms with E-state index in [1.165, 1.54) is 15.9 Å². The van der Waals surface area contributed by atoms with Crippen LogP contribution in [-0.2, 0) is 6.54 Å². The van der Waals surface area contributed by atoms with Gasteiger partial charge in [0.25, 0.3) is 5.56 Å². The molecular weight excluding hydrogens is 338 g/mol. The summed E-state index contributed by atoms with van der Waals surface area (Å²) in [5.41, 5.74) is 2.08. The van der Waals surface area contributed by atoms with Gasteiger partial charge in [-0.1, -0.05) is 12.1 Å². The second-order valence-electron chi connectivity index (χ2n) is 5.57. The molecule has 4 heterocycles. The van der Waals surface area contributed by atoms with Gasteiger partial charge in [0.1, 0.15) is 11.1 Å².